The summed E-state index contributed by atoms with van der Waals surface area (Å²) in [5.74, 6) is 1.30. The molecule has 2 aromatic carbocycles. The Bertz CT molecular complexity index is 646. The van der Waals surface area contributed by atoms with Crippen LogP contribution < -0.4 is 15.8 Å². The van der Waals surface area contributed by atoms with Gasteiger partial charge in [-0.15, -0.1) is 24.0 Å². The summed E-state index contributed by atoms with van der Waals surface area (Å²) >= 11 is 3.47. The van der Waals surface area contributed by atoms with Gasteiger partial charge >= 0.3 is 0 Å². The van der Waals surface area contributed by atoms with Crippen LogP contribution in [0.3, 0.4) is 0 Å². The Morgan fingerprint density at radius 1 is 1.23 bits per heavy atom. The summed E-state index contributed by atoms with van der Waals surface area (Å²) in [5.41, 5.74) is 5.72. The van der Waals surface area contributed by atoms with Gasteiger partial charge in [-0.2, -0.15) is 0 Å². The highest BCUT2D eigenvalue weighted by Gasteiger charge is 1.99. The summed E-state index contributed by atoms with van der Waals surface area (Å²) in [5, 5.41) is 5.37. The summed E-state index contributed by atoms with van der Waals surface area (Å²) in [7, 11) is 0. The van der Waals surface area contributed by atoms with Crippen LogP contribution in [0.15, 0.2) is 45.9 Å². The van der Waals surface area contributed by atoms with Gasteiger partial charge in [0.15, 0.2) is 5.96 Å². The highest BCUT2D eigenvalue weighted by molar-refractivity contribution is 14.0. The first-order chi connectivity index (χ1) is 10.0. The molecule has 120 valence electrons. The van der Waals surface area contributed by atoms with E-state index in [2.05, 4.69) is 38.4 Å². The molecule has 0 aliphatic carbocycles. The number of hydrogen-bond acceptors (Lipinski definition) is 2. The van der Waals surface area contributed by atoms with E-state index in [4.69, 9.17) is 10.5 Å². The van der Waals surface area contributed by atoms with Crippen molar-refractivity contribution in [2.45, 2.75) is 19.9 Å². The van der Waals surface area contributed by atoms with Crippen molar-refractivity contribution in [2.75, 3.05) is 13.2 Å². The van der Waals surface area contributed by atoms with E-state index in [1.54, 1.807) is 0 Å². The van der Waals surface area contributed by atoms with Crippen LogP contribution in [0.25, 0.3) is 10.8 Å². The molecule has 0 aliphatic rings. The van der Waals surface area contributed by atoms with Gasteiger partial charge in [-0.05, 0) is 48.9 Å². The molecule has 0 bridgehead atoms. The highest BCUT2D eigenvalue weighted by atomic mass is 127. The zero-order valence-corrected chi connectivity index (χ0v) is 16.6. The Labute approximate surface area is 156 Å². The Kier molecular flexibility index (Phi) is 7.95. The predicted molar refractivity (Wildman–Crippen MR) is 107 cm³/mol. The van der Waals surface area contributed by atoms with Crippen LogP contribution in [-0.2, 0) is 0 Å². The summed E-state index contributed by atoms with van der Waals surface area (Å²) < 4.78 is 6.77. The van der Waals surface area contributed by atoms with Crippen molar-refractivity contribution in [3.8, 4) is 5.75 Å². The molecule has 0 radical (unpaired) electrons. The van der Waals surface area contributed by atoms with E-state index in [1.165, 1.54) is 5.39 Å². The fourth-order valence-electron chi connectivity index (χ4n) is 1.96. The first-order valence-corrected chi connectivity index (χ1v) is 7.72. The quantitative estimate of drug-likeness (QED) is 0.297. The minimum atomic E-state index is 0. The molecule has 0 amide bonds. The summed E-state index contributed by atoms with van der Waals surface area (Å²) in [4.78, 5) is 4.21. The van der Waals surface area contributed by atoms with Crippen LogP contribution in [0.1, 0.15) is 13.8 Å². The SMILES string of the molecule is CC(C)NC(N)=NCCOc1ccc2cc(Br)ccc2c1.I. The molecule has 3 N–H and O–H groups in total. The highest BCUT2D eigenvalue weighted by Crippen LogP contribution is 2.24. The normalized spacial score (nSPS) is 11.4. The molecule has 4 nitrogen and oxygen atoms in total. The molecule has 0 heterocycles. The number of nitrogens with two attached hydrogens (primary N) is 1. The van der Waals surface area contributed by atoms with Gasteiger partial charge < -0.3 is 15.8 Å². The van der Waals surface area contributed by atoms with Crippen LogP contribution in [0, 0.1) is 0 Å². The zero-order chi connectivity index (χ0) is 15.2. The molecule has 0 aromatic heterocycles. The number of nitrogens with one attached hydrogen (secondary N) is 1. The number of nitrogens with zero attached hydrogens (tertiary/aromatic N) is 1. The second kappa shape index (κ2) is 9.19. The van der Waals surface area contributed by atoms with Crippen molar-refractivity contribution in [3.63, 3.8) is 0 Å². The van der Waals surface area contributed by atoms with E-state index in [0.29, 0.717) is 19.1 Å². The molecular weight excluding hydrogens is 457 g/mol. The molecule has 0 fully saturated rings. The third-order valence-electron chi connectivity index (χ3n) is 2.85. The van der Waals surface area contributed by atoms with Crippen molar-refractivity contribution < 1.29 is 4.74 Å². The van der Waals surface area contributed by atoms with Crippen LogP contribution >= 0.6 is 39.9 Å². The third-order valence-corrected chi connectivity index (χ3v) is 3.35. The second-order valence-corrected chi connectivity index (χ2v) is 5.98. The molecule has 0 atom stereocenters. The fraction of sp³-hybridized carbons (Fsp3) is 0.312. The van der Waals surface area contributed by atoms with Gasteiger partial charge in [-0.3, -0.25) is 0 Å². The lowest BCUT2D eigenvalue weighted by Crippen LogP contribution is -2.37. The number of halogens is 2. The number of rotatable bonds is 5. The van der Waals surface area contributed by atoms with Crippen LogP contribution in [-0.4, -0.2) is 25.2 Å². The molecule has 22 heavy (non-hydrogen) atoms. The summed E-state index contributed by atoms with van der Waals surface area (Å²) in [6.45, 7) is 5.07. The lowest BCUT2D eigenvalue weighted by atomic mass is 10.1. The predicted octanol–water partition coefficient (Wildman–Crippen LogP) is 3.91. The van der Waals surface area contributed by atoms with E-state index in [-0.39, 0.29) is 30.0 Å². The minimum absolute atomic E-state index is 0. The number of aliphatic imine (C=N–C) groups is 1. The van der Waals surface area contributed by atoms with Gasteiger partial charge in [0.1, 0.15) is 12.4 Å². The first kappa shape index (κ1) is 19.0. The van der Waals surface area contributed by atoms with Crippen LogP contribution in [0.5, 0.6) is 5.75 Å². The average Bonchev–Trinajstić information content (AvgIpc) is 2.43. The molecule has 0 spiro atoms. The van der Waals surface area contributed by atoms with Gasteiger partial charge in [0.25, 0.3) is 0 Å². The van der Waals surface area contributed by atoms with E-state index >= 15 is 0 Å². The number of hydrogen-bond donors (Lipinski definition) is 2. The van der Waals surface area contributed by atoms with Gasteiger partial charge in [-0.1, -0.05) is 28.1 Å². The lowest BCUT2D eigenvalue weighted by Gasteiger charge is -2.09. The van der Waals surface area contributed by atoms with Gasteiger partial charge in [0.2, 0.25) is 0 Å². The number of guanidine groups is 1. The fourth-order valence-corrected chi connectivity index (χ4v) is 2.33. The maximum atomic E-state index is 5.72. The van der Waals surface area contributed by atoms with E-state index < -0.39 is 0 Å². The van der Waals surface area contributed by atoms with Gasteiger partial charge in [-0.25, -0.2) is 4.99 Å². The van der Waals surface area contributed by atoms with Crippen molar-refractivity contribution in [1.29, 1.82) is 0 Å². The average molecular weight is 478 g/mol. The molecule has 0 saturated carbocycles. The molecule has 0 unspecified atom stereocenters. The second-order valence-electron chi connectivity index (χ2n) is 5.07. The van der Waals surface area contributed by atoms with Gasteiger partial charge in [0, 0.05) is 10.5 Å². The minimum Gasteiger partial charge on any atom is -0.492 e. The topological polar surface area (TPSA) is 59.6 Å². The molecular formula is C16H21BrIN3O. The van der Waals surface area contributed by atoms with E-state index in [9.17, 15) is 0 Å². The lowest BCUT2D eigenvalue weighted by molar-refractivity contribution is 0.329. The third kappa shape index (κ3) is 6.00. The number of fused-ring (bicyclic) bond motifs is 1. The van der Waals surface area contributed by atoms with Crippen molar-refractivity contribution in [3.05, 3.63) is 40.9 Å². The van der Waals surface area contributed by atoms with Crippen LogP contribution in [0.4, 0.5) is 0 Å². The monoisotopic (exact) mass is 477 g/mol. The standard InChI is InChI=1S/C16H20BrN3O.HI/c1-11(2)20-16(18)19-7-8-21-15-6-4-12-9-14(17)5-3-13(12)10-15;/h3-6,9-11H,7-8H2,1-2H3,(H3,18,19,20);1H. The largest absolute Gasteiger partial charge is 0.492 e. The molecule has 0 aliphatic heterocycles. The van der Waals surface area contributed by atoms with E-state index in [0.717, 1.165) is 15.6 Å². The van der Waals surface area contributed by atoms with Crippen LogP contribution in [0.2, 0.25) is 0 Å². The summed E-state index contributed by atoms with van der Waals surface area (Å²) in [6.07, 6.45) is 0. The Balaban J connectivity index is 0.00000242. The Morgan fingerprint density at radius 3 is 2.64 bits per heavy atom. The molecule has 6 heteroatoms. The maximum Gasteiger partial charge on any atom is 0.188 e. The van der Waals surface area contributed by atoms with Crippen molar-refractivity contribution in [2.24, 2.45) is 10.7 Å². The van der Waals surface area contributed by atoms with Crippen molar-refractivity contribution in [1.82, 2.24) is 5.32 Å². The zero-order valence-electron chi connectivity index (χ0n) is 12.7. The summed E-state index contributed by atoms with van der Waals surface area (Å²) in [6, 6.07) is 12.5. The molecule has 2 rings (SSSR count). The Morgan fingerprint density at radius 2 is 1.91 bits per heavy atom. The smallest absolute Gasteiger partial charge is 0.188 e. The van der Waals surface area contributed by atoms with Gasteiger partial charge in [0.05, 0.1) is 6.54 Å². The molecule has 0 saturated heterocycles. The Hall–Kier alpha value is -1.02. The maximum absolute atomic E-state index is 5.72. The number of benzene rings is 2. The van der Waals surface area contributed by atoms with Crippen molar-refractivity contribution >= 4 is 56.6 Å². The number of ether oxygens (including phenoxy) is 1. The first-order valence-electron chi connectivity index (χ1n) is 6.93. The van der Waals surface area contributed by atoms with E-state index in [1.807, 2.05) is 38.1 Å². The molecule has 2 aromatic rings.